The first-order chi connectivity index (χ1) is 10.1. The summed E-state index contributed by atoms with van der Waals surface area (Å²) in [6, 6.07) is 14.8. The van der Waals surface area contributed by atoms with Gasteiger partial charge in [-0.15, -0.1) is 11.3 Å². The molecule has 1 unspecified atom stereocenters. The van der Waals surface area contributed by atoms with E-state index in [0.717, 1.165) is 26.0 Å². The van der Waals surface area contributed by atoms with Gasteiger partial charge in [0, 0.05) is 21.5 Å². The summed E-state index contributed by atoms with van der Waals surface area (Å²) in [5.74, 6) is 0. The fraction of sp³-hybridized carbons (Fsp3) is 0.188. The summed E-state index contributed by atoms with van der Waals surface area (Å²) in [6.07, 6.45) is 0. The molecule has 108 valence electrons. The van der Waals surface area contributed by atoms with Gasteiger partial charge in [0.05, 0.1) is 10.2 Å². The zero-order valence-electron chi connectivity index (χ0n) is 11.4. The monoisotopic (exact) mass is 424 g/mol. The SMILES string of the molecule is CC(NCc1nc2ccccc2s1)c1ccc(Br)cc1Br. The van der Waals surface area contributed by atoms with Crippen molar-refractivity contribution >= 4 is 53.4 Å². The van der Waals surface area contributed by atoms with Gasteiger partial charge in [-0.1, -0.05) is 50.1 Å². The van der Waals surface area contributed by atoms with Crippen molar-refractivity contribution in [3.05, 3.63) is 62.0 Å². The minimum absolute atomic E-state index is 0.263. The number of rotatable bonds is 4. The smallest absolute Gasteiger partial charge is 0.108 e. The van der Waals surface area contributed by atoms with Crippen LogP contribution in [0.3, 0.4) is 0 Å². The van der Waals surface area contributed by atoms with Crippen LogP contribution in [0.25, 0.3) is 10.2 Å². The maximum absolute atomic E-state index is 4.65. The first-order valence-corrected chi connectivity index (χ1v) is 9.06. The number of para-hydroxylation sites is 1. The molecule has 0 fully saturated rings. The van der Waals surface area contributed by atoms with Crippen LogP contribution in [0.1, 0.15) is 23.5 Å². The molecule has 1 aromatic heterocycles. The summed E-state index contributed by atoms with van der Waals surface area (Å²) in [5.41, 5.74) is 2.33. The lowest BCUT2D eigenvalue weighted by molar-refractivity contribution is 0.572. The largest absolute Gasteiger partial charge is 0.304 e. The molecule has 1 N–H and O–H groups in total. The van der Waals surface area contributed by atoms with Crippen molar-refractivity contribution in [2.24, 2.45) is 0 Å². The molecule has 5 heteroatoms. The van der Waals surface area contributed by atoms with Crippen LogP contribution in [-0.4, -0.2) is 4.98 Å². The predicted molar refractivity (Wildman–Crippen MR) is 96.7 cm³/mol. The van der Waals surface area contributed by atoms with Crippen LogP contribution >= 0.6 is 43.2 Å². The highest BCUT2D eigenvalue weighted by molar-refractivity contribution is 9.11. The number of thiazole rings is 1. The Labute approximate surface area is 144 Å². The Hall–Kier alpha value is -0.750. The van der Waals surface area contributed by atoms with Crippen LogP contribution in [0, 0.1) is 0 Å². The molecule has 1 heterocycles. The molecule has 0 aliphatic carbocycles. The quantitative estimate of drug-likeness (QED) is 0.582. The molecule has 0 aliphatic heterocycles. The topological polar surface area (TPSA) is 24.9 Å². The van der Waals surface area contributed by atoms with E-state index in [1.54, 1.807) is 11.3 Å². The first kappa shape index (κ1) is 15.2. The first-order valence-electron chi connectivity index (χ1n) is 6.66. The van der Waals surface area contributed by atoms with E-state index in [1.807, 2.05) is 6.07 Å². The third-order valence-corrected chi connectivity index (χ3v) is 5.54. The predicted octanol–water partition coefficient (Wildman–Crippen LogP) is 5.67. The van der Waals surface area contributed by atoms with Crippen LogP contribution < -0.4 is 5.32 Å². The number of nitrogens with one attached hydrogen (secondary N) is 1. The lowest BCUT2D eigenvalue weighted by Gasteiger charge is -2.15. The molecule has 2 nitrogen and oxygen atoms in total. The normalized spacial score (nSPS) is 12.7. The van der Waals surface area contributed by atoms with Crippen LogP contribution in [-0.2, 0) is 6.54 Å². The molecule has 0 spiro atoms. The van der Waals surface area contributed by atoms with Crippen molar-refractivity contribution < 1.29 is 0 Å². The average molecular weight is 426 g/mol. The Bertz CT molecular complexity index is 737. The molecule has 0 saturated heterocycles. The van der Waals surface area contributed by atoms with Gasteiger partial charge in [0.15, 0.2) is 0 Å². The third-order valence-electron chi connectivity index (χ3n) is 3.33. The van der Waals surface area contributed by atoms with Gasteiger partial charge < -0.3 is 5.32 Å². The fourth-order valence-electron chi connectivity index (χ4n) is 2.20. The van der Waals surface area contributed by atoms with Gasteiger partial charge >= 0.3 is 0 Å². The number of fused-ring (bicyclic) bond motifs is 1. The van der Waals surface area contributed by atoms with Crippen LogP contribution in [0.5, 0.6) is 0 Å². The lowest BCUT2D eigenvalue weighted by Crippen LogP contribution is -2.18. The van der Waals surface area contributed by atoms with Gasteiger partial charge in [-0.25, -0.2) is 4.98 Å². The molecule has 0 aliphatic rings. The van der Waals surface area contributed by atoms with Crippen molar-refractivity contribution in [1.82, 2.24) is 10.3 Å². The molecular weight excluding hydrogens is 412 g/mol. The summed E-state index contributed by atoms with van der Waals surface area (Å²) in [7, 11) is 0. The third kappa shape index (κ3) is 3.54. The van der Waals surface area contributed by atoms with Crippen molar-refractivity contribution in [3.63, 3.8) is 0 Å². The second kappa shape index (κ2) is 6.57. The van der Waals surface area contributed by atoms with Crippen LogP contribution in [0.4, 0.5) is 0 Å². The zero-order chi connectivity index (χ0) is 14.8. The summed E-state index contributed by atoms with van der Waals surface area (Å²) in [6.45, 7) is 2.95. The van der Waals surface area contributed by atoms with Crippen molar-refractivity contribution in [2.75, 3.05) is 0 Å². The highest BCUT2D eigenvalue weighted by Gasteiger charge is 2.10. The van der Waals surface area contributed by atoms with E-state index in [0.29, 0.717) is 0 Å². The van der Waals surface area contributed by atoms with E-state index in [1.165, 1.54) is 10.3 Å². The Morgan fingerprint density at radius 1 is 1.19 bits per heavy atom. The summed E-state index contributed by atoms with van der Waals surface area (Å²) >= 11 is 8.85. The van der Waals surface area contributed by atoms with Gasteiger partial charge in [0.25, 0.3) is 0 Å². The van der Waals surface area contributed by atoms with E-state index in [2.05, 4.69) is 85.5 Å². The lowest BCUT2D eigenvalue weighted by atomic mass is 10.1. The standard InChI is InChI=1S/C16H14Br2N2S/c1-10(12-7-6-11(17)8-13(12)18)19-9-16-20-14-4-2-3-5-15(14)21-16/h2-8,10,19H,9H2,1H3. The van der Waals surface area contributed by atoms with E-state index in [-0.39, 0.29) is 6.04 Å². The molecule has 0 radical (unpaired) electrons. The zero-order valence-corrected chi connectivity index (χ0v) is 15.4. The minimum Gasteiger partial charge on any atom is -0.304 e. The van der Waals surface area contributed by atoms with Gasteiger partial charge in [-0.2, -0.15) is 0 Å². The molecule has 3 rings (SSSR count). The number of halogens is 2. The molecule has 21 heavy (non-hydrogen) atoms. The minimum atomic E-state index is 0.263. The Kier molecular flexibility index (Phi) is 4.74. The summed E-state index contributed by atoms with van der Waals surface area (Å²) in [4.78, 5) is 4.65. The van der Waals surface area contributed by atoms with Crippen LogP contribution in [0.15, 0.2) is 51.4 Å². The molecule has 1 atom stereocenters. The second-order valence-corrected chi connectivity index (χ2v) is 7.73. The van der Waals surface area contributed by atoms with Crippen molar-refractivity contribution in [3.8, 4) is 0 Å². The molecule has 0 bridgehead atoms. The second-order valence-electron chi connectivity index (χ2n) is 4.84. The maximum Gasteiger partial charge on any atom is 0.108 e. The van der Waals surface area contributed by atoms with Gasteiger partial charge in [-0.3, -0.25) is 0 Å². The van der Waals surface area contributed by atoms with Crippen molar-refractivity contribution in [1.29, 1.82) is 0 Å². The molecular formula is C16H14Br2N2S. The van der Waals surface area contributed by atoms with E-state index >= 15 is 0 Å². The molecule has 0 amide bonds. The number of benzene rings is 2. The molecule has 2 aromatic carbocycles. The number of hydrogen-bond donors (Lipinski definition) is 1. The van der Waals surface area contributed by atoms with E-state index in [4.69, 9.17) is 0 Å². The van der Waals surface area contributed by atoms with Crippen molar-refractivity contribution in [2.45, 2.75) is 19.5 Å². The molecule has 0 saturated carbocycles. The Morgan fingerprint density at radius 2 is 2.00 bits per heavy atom. The Morgan fingerprint density at radius 3 is 2.76 bits per heavy atom. The average Bonchev–Trinajstić information content (AvgIpc) is 2.87. The van der Waals surface area contributed by atoms with E-state index < -0.39 is 0 Å². The number of aromatic nitrogens is 1. The summed E-state index contributed by atoms with van der Waals surface area (Å²) < 4.78 is 3.43. The van der Waals surface area contributed by atoms with Gasteiger partial charge in [0.2, 0.25) is 0 Å². The fourth-order valence-corrected chi connectivity index (χ4v) is 4.51. The highest BCUT2D eigenvalue weighted by Crippen LogP contribution is 2.27. The van der Waals surface area contributed by atoms with E-state index in [9.17, 15) is 0 Å². The number of hydrogen-bond acceptors (Lipinski definition) is 3. The van der Waals surface area contributed by atoms with Gasteiger partial charge in [0.1, 0.15) is 5.01 Å². The Balaban J connectivity index is 1.71. The highest BCUT2D eigenvalue weighted by atomic mass is 79.9. The molecule has 3 aromatic rings. The van der Waals surface area contributed by atoms with Gasteiger partial charge in [-0.05, 0) is 36.8 Å². The maximum atomic E-state index is 4.65. The summed E-state index contributed by atoms with van der Waals surface area (Å²) in [5, 5.41) is 4.66. The number of nitrogens with zero attached hydrogens (tertiary/aromatic N) is 1. The van der Waals surface area contributed by atoms with Crippen LogP contribution in [0.2, 0.25) is 0 Å².